The van der Waals surface area contributed by atoms with E-state index >= 15 is 0 Å². The van der Waals surface area contributed by atoms with E-state index in [0.29, 0.717) is 30.2 Å². The van der Waals surface area contributed by atoms with Crippen LogP contribution in [-0.2, 0) is 22.7 Å². The summed E-state index contributed by atoms with van der Waals surface area (Å²) in [6.07, 6.45) is -1.49. The highest BCUT2D eigenvalue weighted by atomic mass is 35.5. The predicted octanol–water partition coefficient (Wildman–Crippen LogP) is 7.24. The minimum Gasteiger partial charge on any atom is -0.486 e. The topological polar surface area (TPSA) is 77.3 Å². The largest absolute Gasteiger partial charge is 0.486 e. The number of sulfonamides is 1. The summed E-state index contributed by atoms with van der Waals surface area (Å²) in [5, 5.41) is 9.62. The number of ether oxygens (including phenoxy) is 1. The number of rotatable bonds is 8. The standard InChI is InChI=1S/C31H31ClF4N4O3SSi/c1-20(30-25(32)9-6-10-26(30)33)15-21-11-12-28-27(16-21)40(44(41,42)24-8-5-7-22(17-24)31(34,35)36)18-23(43-28)13-14-39-19-29(37-38-39)45(2,3)4/h5-12,15-17,19,23H,13-14,18H2,1-4H3/t23-/m0/s1. The van der Waals surface area contributed by atoms with Gasteiger partial charge in [0.15, 0.2) is 0 Å². The molecule has 1 aliphatic heterocycles. The summed E-state index contributed by atoms with van der Waals surface area (Å²) in [5.74, 6) is -0.277. The Morgan fingerprint density at radius 3 is 2.51 bits per heavy atom. The van der Waals surface area contributed by atoms with Crippen molar-refractivity contribution in [3.63, 3.8) is 0 Å². The summed E-state index contributed by atoms with van der Waals surface area (Å²) in [4.78, 5) is -0.504. The molecule has 45 heavy (non-hydrogen) atoms. The van der Waals surface area contributed by atoms with E-state index < -0.39 is 46.7 Å². The number of anilines is 1. The third kappa shape index (κ3) is 7.10. The average molecular weight is 679 g/mol. The molecule has 1 atom stereocenters. The van der Waals surface area contributed by atoms with Crippen molar-refractivity contribution in [2.75, 3.05) is 10.8 Å². The van der Waals surface area contributed by atoms with Gasteiger partial charge in [0.2, 0.25) is 0 Å². The molecule has 4 aromatic rings. The van der Waals surface area contributed by atoms with Crippen molar-refractivity contribution in [1.82, 2.24) is 15.0 Å². The number of fused-ring (bicyclic) bond motifs is 1. The van der Waals surface area contributed by atoms with E-state index in [1.54, 1.807) is 41.9 Å². The van der Waals surface area contributed by atoms with Gasteiger partial charge in [-0.25, -0.2) is 12.8 Å². The Bertz CT molecular complexity index is 1850. The van der Waals surface area contributed by atoms with Crippen LogP contribution in [0.15, 0.2) is 71.8 Å². The van der Waals surface area contributed by atoms with E-state index in [1.165, 1.54) is 12.1 Å². The van der Waals surface area contributed by atoms with Gasteiger partial charge in [-0.3, -0.25) is 8.99 Å². The number of halogens is 5. The molecule has 0 N–H and O–H groups in total. The van der Waals surface area contributed by atoms with Crippen LogP contribution in [-0.4, -0.2) is 44.1 Å². The molecule has 14 heteroatoms. The molecule has 0 saturated carbocycles. The summed E-state index contributed by atoms with van der Waals surface area (Å²) in [6, 6.07) is 12.8. The first-order valence-electron chi connectivity index (χ1n) is 14.1. The maximum atomic E-state index is 14.6. The van der Waals surface area contributed by atoms with Gasteiger partial charge in [-0.2, -0.15) is 13.2 Å². The van der Waals surface area contributed by atoms with Crippen LogP contribution in [0.1, 0.15) is 30.0 Å². The predicted molar refractivity (Wildman–Crippen MR) is 169 cm³/mol. The van der Waals surface area contributed by atoms with E-state index in [4.69, 9.17) is 16.3 Å². The molecule has 0 bridgehead atoms. The third-order valence-electron chi connectivity index (χ3n) is 7.39. The molecule has 1 aliphatic rings. The van der Waals surface area contributed by atoms with Gasteiger partial charge >= 0.3 is 6.18 Å². The molecule has 0 spiro atoms. The maximum Gasteiger partial charge on any atom is 0.416 e. The van der Waals surface area contributed by atoms with E-state index in [0.717, 1.165) is 27.8 Å². The van der Waals surface area contributed by atoms with Crippen LogP contribution < -0.4 is 14.4 Å². The summed E-state index contributed by atoms with van der Waals surface area (Å²) in [7, 11) is -6.17. The molecule has 0 amide bonds. The van der Waals surface area contributed by atoms with E-state index in [9.17, 15) is 26.0 Å². The summed E-state index contributed by atoms with van der Waals surface area (Å²) >= 11 is 6.24. The first kappa shape index (κ1) is 32.7. The number of aromatic nitrogens is 3. The molecular weight excluding hydrogens is 648 g/mol. The number of hydrogen-bond donors (Lipinski definition) is 0. The molecule has 0 unspecified atom stereocenters. The molecule has 238 valence electrons. The quantitative estimate of drug-likeness (QED) is 0.112. The normalized spacial score (nSPS) is 16.0. The highest BCUT2D eigenvalue weighted by Gasteiger charge is 2.37. The van der Waals surface area contributed by atoms with Gasteiger partial charge in [-0.05, 0) is 60.5 Å². The van der Waals surface area contributed by atoms with Crippen LogP contribution in [0, 0.1) is 5.82 Å². The maximum absolute atomic E-state index is 14.6. The van der Waals surface area contributed by atoms with Gasteiger partial charge in [-0.15, -0.1) is 5.10 Å². The highest BCUT2D eigenvalue weighted by Crippen LogP contribution is 2.40. The van der Waals surface area contributed by atoms with Gasteiger partial charge in [0.25, 0.3) is 10.0 Å². The smallest absolute Gasteiger partial charge is 0.416 e. The number of alkyl halides is 3. The van der Waals surface area contributed by atoms with Crippen LogP contribution in [0.3, 0.4) is 0 Å². The number of nitrogens with zero attached hydrogens (tertiary/aromatic N) is 4. The molecule has 1 aromatic heterocycles. The summed E-state index contributed by atoms with van der Waals surface area (Å²) in [6.45, 7) is 8.34. The van der Waals surface area contributed by atoms with Gasteiger partial charge in [-0.1, -0.05) is 60.7 Å². The van der Waals surface area contributed by atoms with Crippen molar-refractivity contribution in [1.29, 1.82) is 0 Å². The molecular formula is C31H31ClF4N4O3SSi. The Hall–Kier alpha value is -3.68. The zero-order valence-corrected chi connectivity index (χ0v) is 27.5. The van der Waals surface area contributed by atoms with Crippen LogP contribution in [0.4, 0.5) is 23.2 Å². The third-order valence-corrected chi connectivity index (χ3v) is 11.2. The number of allylic oxidation sites excluding steroid dienone is 1. The zero-order chi connectivity index (χ0) is 32.7. The summed E-state index contributed by atoms with van der Waals surface area (Å²) in [5.41, 5.74) is 0.273. The highest BCUT2D eigenvalue weighted by molar-refractivity contribution is 7.92. The fraction of sp³-hybridized carbons (Fsp3) is 0.290. The Labute approximate surface area is 265 Å². The van der Waals surface area contributed by atoms with Crippen LogP contribution in [0.5, 0.6) is 5.75 Å². The Morgan fingerprint density at radius 1 is 1.11 bits per heavy atom. The second-order valence-corrected chi connectivity index (χ2v) is 19.1. The lowest BCUT2D eigenvalue weighted by atomic mass is 10.0. The Balaban J connectivity index is 1.52. The van der Waals surface area contributed by atoms with Gasteiger partial charge in [0, 0.05) is 24.7 Å². The second-order valence-electron chi connectivity index (χ2n) is 11.9. The fourth-order valence-electron chi connectivity index (χ4n) is 4.98. The van der Waals surface area contributed by atoms with Gasteiger partial charge in [0.1, 0.15) is 25.7 Å². The van der Waals surface area contributed by atoms with E-state index in [2.05, 4.69) is 30.0 Å². The Kier molecular flexibility index (Phi) is 8.90. The molecule has 0 aliphatic carbocycles. The van der Waals surface area contributed by atoms with Gasteiger partial charge < -0.3 is 4.74 Å². The van der Waals surface area contributed by atoms with Crippen molar-refractivity contribution in [3.05, 3.63) is 94.4 Å². The molecule has 3 aromatic carbocycles. The van der Waals surface area contributed by atoms with Crippen molar-refractivity contribution in [3.8, 4) is 5.75 Å². The first-order chi connectivity index (χ1) is 21.0. The summed E-state index contributed by atoms with van der Waals surface area (Å²) < 4.78 is 92.1. The first-order valence-corrected chi connectivity index (χ1v) is 19.4. The van der Waals surface area contributed by atoms with Gasteiger partial charge in [0.05, 0.1) is 33.0 Å². The van der Waals surface area contributed by atoms with Crippen LogP contribution in [0.2, 0.25) is 24.7 Å². The minimum absolute atomic E-state index is 0.145. The van der Waals surface area contributed by atoms with Crippen molar-refractivity contribution < 1.29 is 30.7 Å². The molecule has 7 nitrogen and oxygen atoms in total. The molecule has 0 saturated heterocycles. The zero-order valence-electron chi connectivity index (χ0n) is 24.9. The fourth-order valence-corrected chi connectivity index (χ4v) is 7.72. The monoisotopic (exact) mass is 678 g/mol. The molecule has 0 radical (unpaired) electrons. The molecule has 2 heterocycles. The lowest BCUT2D eigenvalue weighted by Crippen LogP contribution is -2.44. The number of benzene rings is 3. The van der Waals surface area contributed by atoms with Crippen LogP contribution in [0.25, 0.3) is 11.6 Å². The van der Waals surface area contributed by atoms with E-state index in [1.807, 2.05) is 6.20 Å². The average Bonchev–Trinajstić information content (AvgIpc) is 3.45. The van der Waals surface area contributed by atoms with Crippen LogP contribution >= 0.6 is 11.6 Å². The Morgan fingerprint density at radius 2 is 1.84 bits per heavy atom. The number of hydrogen-bond acceptors (Lipinski definition) is 5. The second kappa shape index (κ2) is 12.3. The van der Waals surface area contributed by atoms with Crippen molar-refractivity contribution in [2.45, 2.75) is 56.7 Å². The van der Waals surface area contributed by atoms with E-state index in [-0.39, 0.29) is 28.6 Å². The molecule has 0 fully saturated rings. The lowest BCUT2D eigenvalue weighted by molar-refractivity contribution is -0.137. The molecule has 5 rings (SSSR count). The SMILES string of the molecule is CC(=Cc1ccc2c(c1)N(S(=O)(=O)c1cccc(C(F)(F)F)c1)C[C@H](CCn1cc([Si](C)(C)C)nn1)O2)c1c(F)cccc1Cl. The van der Waals surface area contributed by atoms with Crippen molar-refractivity contribution in [2.24, 2.45) is 0 Å². The van der Waals surface area contributed by atoms with Crippen molar-refractivity contribution >= 4 is 52.4 Å². The number of aryl methyl sites for hydroxylation is 1. The lowest BCUT2D eigenvalue weighted by Gasteiger charge is -2.36. The minimum atomic E-state index is -4.73.